The highest BCUT2D eigenvalue weighted by Gasteiger charge is 2.32. The topological polar surface area (TPSA) is 62.5 Å². The number of benzene rings is 1. The summed E-state index contributed by atoms with van der Waals surface area (Å²) in [6, 6.07) is 10.2. The van der Waals surface area contributed by atoms with Crippen LogP contribution in [0.4, 0.5) is 0 Å². The van der Waals surface area contributed by atoms with Gasteiger partial charge >= 0.3 is 5.97 Å². The van der Waals surface area contributed by atoms with E-state index in [9.17, 15) is 9.59 Å². The molecular formula is C18H22N2O3. The van der Waals surface area contributed by atoms with Crippen LogP contribution in [0.15, 0.2) is 36.5 Å². The highest BCUT2D eigenvalue weighted by Crippen LogP contribution is 2.24. The van der Waals surface area contributed by atoms with Gasteiger partial charge in [-0.1, -0.05) is 25.1 Å². The van der Waals surface area contributed by atoms with Gasteiger partial charge in [-0.2, -0.15) is 0 Å². The number of para-hydroxylation sites is 1. The molecule has 2 aromatic rings. The lowest BCUT2D eigenvalue weighted by atomic mass is 9.87. The minimum Gasteiger partial charge on any atom is -0.481 e. The Labute approximate surface area is 135 Å². The number of aryl methyl sites for hydroxylation is 1. The molecule has 5 heteroatoms. The monoisotopic (exact) mass is 314 g/mol. The summed E-state index contributed by atoms with van der Waals surface area (Å²) in [5.74, 6) is -0.952. The minimum atomic E-state index is -0.747. The third-order valence-corrected chi connectivity index (χ3v) is 4.82. The number of hydrogen-bond donors (Lipinski definition) is 1. The molecule has 0 bridgehead atoms. The maximum absolute atomic E-state index is 12.4. The van der Waals surface area contributed by atoms with E-state index in [0.717, 1.165) is 5.52 Å². The Morgan fingerprint density at radius 2 is 2.04 bits per heavy atom. The van der Waals surface area contributed by atoms with Crippen LogP contribution in [0.5, 0.6) is 0 Å². The van der Waals surface area contributed by atoms with Crippen molar-refractivity contribution in [3.05, 3.63) is 36.5 Å². The van der Waals surface area contributed by atoms with Gasteiger partial charge in [0, 0.05) is 37.8 Å². The number of carbonyl (C=O) groups excluding carboxylic acids is 1. The van der Waals surface area contributed by atoms with Gasteiger partial charge < -0.3 is 14.6 Å². The smallest absolute Gasteiger partial charge is 0.306 e. The third-order valence-electron chi connectivity index (χ3n) is 4.82. The van der Waals surface area contributed by atoms with E-state index in [2.05, 4.69) is 22.8 Å². The van der Waals surface area contributed by atoms with Crippen LogP contribution in [0, 0.1) is 11.8 Å². The summed E-state index contributed by atoms with van der Waals surface area (Å²) in [6.45, 7) is 3.66. The van der Waals surface area contributed by atoms with Gasteiger partial charge in [-0.05, 0) is 29.9 Å². The van der Waals surface area contributed by atoms with Gasteiger partial charge in [0.1, 0.15) is 0 Å². The number of piperidine rings is 1. The molecule has 1 aromatic carbocycles. The molecule has 1 fully saturated rings. The van der Waals surface area contributed by atoms with Crippen LogP contribution in [-0.2, 0) is 16.1 Å². The first kappa shape index (κ1) is 15.6. The lowest BCUT2D eigenvalue weighted by molar-refractivity contribution is -0.148. The third kappa shape index (κ3) is 3.23. The number of carbonyl (C=O) groups is 2. The zero-order valence-electron chi connectivity index (χ0n) is 13.3. The summed E-state index contributed by atoms with van der Waals surface area (Å²) < 4.78 is 2.10. The summed E-state index contributed by atoms with van der Waals surface area (Å²) in [5, 5.41) is 10.3. The van der Waals surface area contributed by atoms with Crippen molar-refractivity contribution < 1.29 is 14.7 Å². The van der Waals surface area contributed by atoms with E-state index in [1.54, 1.807) is 0 Å². The van der Waals surface area contributed by atoms with Crippen molar-refractivity contribution in [3.63, 3.8) is 0 Å². The van der Waals surface area contributed by atoms with Gasteiger partial charge in [0.25, 0.3) is 0 Å². The Balaban J connectivity index is 1.59. The quantitative estimate of drug-likeness (QED) is 0.943. The van der Waals surface area contributed by atoms with Crippen molar-refractivity contribution in [2.24, 2.45) is 11.8 Å². The summed E-state index contributed by atoms with van der Waals surface area (Å²) in [5.41, 5.74) is 1.14. The number of nitrogens with zero attached hydrogens (tertiary/aromatic N) is 2. The van der Waals surface area contributed by atoms with Crippen LogP contribution >= 0.6 is 0 Å². The highest BCUT2D eigenvalue weighted by molar-refractivity contribution is 5.81. The molecule has 2 atom stereocenters. The van der Waals surface area contributed by atoms with Crippen LogP contribution in [0.3, 0.4) is 0 Å². The standard InChI is InChI=1S/C18H22N2O3/c1-13-12-20(10-7-15(13)18(22)23)17(21)8-11-19-9-6-14-4-2-3-5-16(14)19/h2-6,9,13,15H,7-8,10-12H2,1H3,(H,22,23). The molecular weight excluding hydrogens is 292 g/mol. The number of aliphatic carboxylic acids is 1. The molecule has 1 aromatic heterocycles. The van der Waals surface area contributed by atoms with E-state index < -0.39 is 5.97 Å². The molecule has 1 aliphatic rings. The first-order chi connectivity index (χ1) is 11.1. The number of carboxylic acids is 1. The van der Waals surface area contributed by atoms with E-state index in [-0.39, 0.29) is 17.7 Å². The van der Waals surface area contributed by atoms with Crippen LogP contribution in [0.25, 0.3) is 10.9 Å². The van der Waals surface area contributed by atoms with Gasteiger partial charge in [0.15, 0.2) is 0 Å². The Morgan fingerprint density at radius 1 is 1.26 bits per heavy atom. The first-order valence-electron chi connectivity index (χ1n) is 8.10. The average molecular weight is 314 g/mol. The molecule has 1 amide bonds. The molecule has 1 saturated heterocycles. The van der Waals surface area contributed by atoms with Crippen LogP contribution in [0.1, 0.15) is 19.8 Å². The zero-order chi connectivity index (χ0) is 16.4. The van der Waals surface area contributed by atoms with Gasteiger partial charge in [-0.15, -0.1) is 0 Å². The number of fused-ring (bicyclic) bond motifs is 1. The van der Waals surface area contributed by atoms with E-state index in [1.807, 2.05) is 30.2 Å². The zero-order valence-corrected chi connectivity index (χ0v) is 13.3. The van der Waals surface area contributed by atoms with Crippen molar-refractivity contribution in [3.8, 4) is 0 Å². The molecule has 0 radical (unpaired) electrons. The van der Waals surface area contributed by atoms with E-state index in [4.69, 9.17) is 5.11 Å². The van der Waals surface area contributed by atoms with Crippen molar-refractivity contribution in [2.75, 3.05) is 13.1 Å². The average Bonchev–Trinajstić information content (AvgIpc) is 2.95. The minimum absolute atomic E-state index is 0.0117. The lowest BCUT2D eigenvalue weighted by Crippen LogP contribution is -2.45. The summed E-state index contributed by atoms with van der Waals surface area (Å²) >= 11 is 0. The Kier molecular flexibility index (Phi) is 4.37. The van der Waals surface area contributed by atoms with Crippen molar-refractivity contribution in [1.82, 2.24) is 9.47 Å². The van der Waals surface area contributed by atoms with Crippen molar-refractivity contribution in [2.45, 2.75) is 26.3 Å². The summed E-state index contributed by atoms with van der Waals surface area (Å²) in [7, 11) is 0. The Hall–Kier alpha value is -2.30. The van der Waals surface area contributed by atoms with Crippen LogP contribution in [-0.4, -0.2) is 39.5 Å². The number of carboxylic acid groups (broad SMARTS) is 1. The molecule has 122 valence electrons. The molecule has 23 heavy (non-hydrogen) atoms. The van der Waals surface area contributed by atoms with Gasteiger partial charge in [-0.3, -0.25) is 9.59 Å². The van der Waals surface area contributed by atoms with E-state index in [0.29, 0.717) is 32.5 Å². The highest BCUT2D eigenvalue weighted by atomic mass is 16.4. The molecule has 1 N–H and O–H groups in total. The molecule has 0 aliphatic carbocycles. The second kappa shape index (κ2) is 6.44. The Morgan fingerprint density at radius 3 is 2.78 bits per heavy atom. The number of rotatable bonds is 4. The summed E-state index contributed by atoms with van der Waals surface area (Å²) in [4.78, 5) is 25.4. The number of likely N-dealkylation sites (tertiary alicyclic amines) is 1. The second-order valence-corrected chi connectivity index (χ2v) is 6.37. The lowest BCUT2D eigenvalue weighted by Gasteiger charge is -2.35. The van der Waals surface area contributed by atoms with Crippen molar-refractivity contribution in [1.29, 1.82) is 0 Å². The largest absolute Gasteiger partial charge is 0.481 e. The Bertz CT molecular complexity index is 722. The maximum Gasteiger partial charge on any atom is 0.306 e. The number of amides is 1. The SMILES string of the molecule is CC1CN(C(=O)CCn2ccc3ccccc32)CCC1C(=O)O. The molecule has 2 unspecified atom stereocenters. The fraction of sp³-hybridized carbons (Fsp3) is 0.444. The predicted octanol–water partition coefficient (Wildman–Crippen LogP) is 2.60. The molecule has 0 saturated carbocycles. The van der Waals surface area contributed by atoms with E-state index in [1.165, 1.54) is 5.39 Å². The summed E-state index contributed by atoms with van der Waals surface area (Å²) in [6.07, 6.45) is 3.01. The molecule has 2 heterocycles. The second-order valence-electron chi connectivity index (χ2n) is 6.37. The molecule has 3 rings (SSSR count). The molecule has 1 aliphatic heterocycles. The number of hydrogen-bond acceptors (Lipinski definition) is 2. The van der Waals surface area contributed by atoms with Gasteiger partial charge in [-0.25, -0.2) is 0 Å². The maximum atomic E-state index is 12.4. The van der Waals surface area contributed by atoms with Crippen molar-refractivity contribution >= 4 is 22.8 Å². The molecule has 0 spiro atoms. The fourth-order valence-electron chi connectivity index (χ4n) is 3.45. The molecule has 5 nitrogen and oxygen atoms in total. The van der Waals surface area contributed by atoms with Crippen LogP contribution in [0.2, 0.25) is 0 Å². The number of aromatic nitrogens is 1. The van der Waals surface area contributed by atoms with E-state index >= 15 is 0 Å². The van der Waals surface area contributed by atoms with Gasteiger partial charge in [0.2, 0.25) is 5.91 Å². The predicted molar refractivity (Wildman–Crippen MR) is 88.0 cm³/mol. The first-order valence-corrected chi connectivity index (χ1v) is 8.10. The van der Waals surface area contributed by atoms with Crippen LogP contribution < -0.4 is 0 Å². The normalized spacial score (nSPS) is 21.5. The van der Waals surface area contributed by atoms with Gasteiger partial charge in [0.05, 0.1) is 5.92 Å². The fourth-order valence-corrected chi connectivity index (χ4v) is 3.45.